The highest BCUT2D eigenvalue weighted by Crippen LogP contribution is 2.28. The summed E-state index contributed by atoms with van der Waals surface area (Å²) in [6.45, 7) is 0. The molecule has 0 spiro atoms. The van der Waals surface area contributed by atoms with Crippen molar-refractivity contribution in [1.29, 1.82) is 0 Å². The van der Waals surface area contributed by atoms with Crippen LogP contribution in [0.25, 0.3) is 10.8 Å². The Balaban J connectivity index is 2.88. The zero-order valence-corrected chi connectivity index (χ0v) is 8.56. The van der Waals surface area contributed by atoms with E-state index in [4.69, 9.17) is 0 Å². The SMILES string of the molecule is O=[N+]([O-])c1cnc(Br)c2ccccc12. The van der Waals surface area contributed by atoms with E-state index in [1.165, 1.54) is 6.20 Å². The van der Waals surface area contributed by atoms with Gasteiger partial charge in [0.05, 0.1) is 10.3 Å². The molecule has 0 aliphatic carbocycles. The molecule has 0 amide bonds. The smallest absolute Gasteiger partial charge is 0.258 e. The van der Waals surface area contributed by atoms with Gasteiger partial charge in [0.1, 0.15) is 10.8 Å². The Hall–Kier alpha value is -1.49. The third-order valence-corrected chi connectivity index (χ3v) is 2.55. The van der Waals surface area contributed by atoms with E-state index < -0.39 is 4.92 Å². The van der Waals surface area contributed by atoms with Gasteiger partial charge in [-0.3, -0.25) is 10.1 Å². The molecule has 0 atom stereocenters. The molecular weight excluding hydrogens is 248 g/mol. The Morgan fingerprint density at radius 2 is 1.93 bits per heavy atom. The maximum Gasteiger partial charge on any atom is 0.295 e. The molecule has 2 aromatic rings. The summed E-state index contributed by atoms with van der Waals surface area (Å²) in [5, 5.41) is 12.0. The van der Waals surface area contributed by atoms with Gasteiger partial charge in [0.2, 0.25) is 0 Å². The molecule has 0 unspecified atom stereocenters. The fraction of sp³-hybridized carbons (Fsp3) is 0. The van der Waals surface area contributed by atoms with E-state index in [1.807, 2.05) is 6.07 Å². The monoisotopic (exact) mass is 252 g/mol. The van der Waals surface area contributed by atoms with Gasteiger partial charge in [0.25, 0.3) is 5.69 Å². The van der Waals surface area contributed by atoms with Crippen LogP contribution >= 0.6 is 15.9 Å². The number of rotatable bonds is 1. The van der Waals surface area contributed by atoms with Gasteiger partial charge in [-0.15, -0.1) is 0 Å². The van der Waals surface area contributed by atoms with E-state index in [0.717, 1.165) is 5.39 Å². The Kier molecular flexibility index (Phi) is 2.17. The number of halogens is 1. The largest absolute Gasteiger partial charge is 0.295 e. The van der Waals surface area contributed by atoms with Crippen LogP contribution < -0.4 is 0 Å². The van der Waals surface area contributed by atoms with E-state index in [0.29, 0.717) is 9.99 Å². The highest BCUT2D eigenvalue weighted by molar-refractivity contribution is 9.10. The number of fused-ring (bicyclic) bond motifs is 1. The highest BCUT2D eigenvalue weighted by atomic mass is 79.9. The van der Waals surface area contributed by atoms with Gasteiger partial charge in [-0.1, -0.05) is 18.2 Å². The normalized spacial score (nSPS) is 10.4. The molecule has 1 aromatic heterocycles. The second kappa shape index (κ2) is 3.34. The van der Waals surface area contributed by atoms with Crippen LogP contribution in [-0.2, 0) is 0 Å². The lowest BCUT2D eigenvalue weighted by Gasteiger charge is -1.99. The lowest BCUT2D eigenvalue weighted by molar-refractivity contribution is -0.383. The first-order chi connectivity index (χ1) is 6.70. The van der Waals surface area contributed by atoms with Gasteiger partial charge < -0.3 is 0 Å². The molecule has 1 aromatic carbocycles. The van der Waals surface area contributed by atoms with Crippen molar-refractivity contribution in [1.82, 2.24) is 4.98 Å². The fourth-order valence-corrected chi connectivity index (χ4v) is 1.74. The molecule has 0 saturated heterocycles. The number of nitrogens with zero attached hydrogens (tertiary/aromatic N) is 2. The van der Waals surface area contributed by atoms with Crippen molar-refractivity contribution in [3.63, 3.8) is 0 Å². The lowest BCUT2D eigenvalue weighted by atomic mass is 10.1. The highest BCUT2D eigenvalue weighted by Gasteiger charge is 2.13. The van der Waals surface area contributed by atoms with Gasteiger partial charge >= 0.3 is 0 Å². The minimum absolute atomic E-state index is 0.0313. The number of nitro groups is 1. The van der Waals surface area contributed by atoms with E-state index in [-0.39, 0.29) is 5.69 Å². The van der Waals surface area contributed by atoms with Crippen LogP contribution in [0.3, 0.4) is 0 Å². The van der Waals surface area contributed by atoms with Crippen molar-refractivity contribution < 1.29 is 4.92 Å². The quantitative estimate of drug-likeness (QED) is 0.446. The minimum Gasteiger partial charge on any atom is -0.258 e. The van der Waals surface area contributed by atoms with Gasteiger partial charge in [-0.05, 0) is 22.0 Å². The molecule has 4 nitrogen and oxygen atoms in total. The molecule has 1 heterocycles. The van der Waals surface area contributed by atoms with Gasteiger partial charge in [-0.2, -0.15) is 0 Å². The third-order valence-electron chi connectivity index (χ3n) is 1.92. The topological polar surface area (TPSA) is 56.0 Å². The Morgan fingerprint density at radius 1 is 1.29 bits per heavy atom. The number of benzene rings is 1. The molecule has 0 N–H and O–H groups in total. The number of hydrogen-bond donors (Lipinski definition) is 0. The van der Waals surface area contributed by atoms with Crippen LogP contribution in [0.4, 0.5) is 5.69 Å². The summed E-state index contributed by atoms with van der Waals surface area (Å²) in [5.74, 6) is 0. The number of pyridine rings is 1. The fourth-order valence-electron chi connectivity index (χ4n) is 1.29. The average molecular weight is 253 g/mol. The first-order valence-electron chi connectivity index (χ1n) is 3.88. The first-order valence-corrected chi connectivity index (χ1v) is 4.67. The zero-order chi connectivity index (χ0) is 10.1. The van der Waals surface area contributed by atoms with E-state index in [9.17, 15) is 10.1 Å². The maximum atomic E-state index is 10.7. The number of aromatic nitrogens is 1. The Morgan fingerprint density at radius 3 is 2.57 bits per heavy atom. The summed E-state index contributed by atoms with van der Waals surface area (Å²) in [4.78, 5) is 14.2. The van der Waals surface area contributed by atoms with Crippen molar-refractivity contribution in [2.24, 2.45) is 0 Å². The standard InChI is InChI=1S/C9H5BrN2O2/c10-9-7-4-2-1-3-6(7)8(5-11-9)12(13)14/h1-5H. The molecule has 5 heteroatoms. The van der Waals surface area contributed by atoms with Gasteiger partial charge in [-0.25, -0.2) is 4.98 Å². The molecule has 0 aliphatic rings. The van der Waals surface area contributed by atoms with E-state index in [2.05, 4.69) is 20.9 Å². The third kappa shape index (κ3) is 1.35. The maximum absolute atomic E-state index is 10.7. The van der Waals surface area contributed by atoms with E-state index in [1.54, 1.807) is 18.2 Å². The molecule has 0 fully saturated rings. The van der Waals surface area contributed by atoms with Crippen LogP contribution in [-0.4, -0.2) is 9.91 Å². The summed E-state index contributed by atoms with van der Waals surface area (Å²) >= 11 is 3.25. The van der Waals surface area contributed by atoms with Crippen LogP contribution in [0.15, 0.2) is 35.1 Å². The molecule has 2 rings (SSSR count). The van der Waals surface area contributed by atoms with Crippen LogP contribution in [0.2, 0.25) is 0 Å². The summed E-state index contributed by atoms with van der Waals surface area (Å²) in [5.41, 5.74) is 0.0313. The average Bonchev–Trinajstić information content (AvgIpc) is 2.18. The van der Waals surface area contributed by atoms with Crippen molar-refractivity contribution in [3.8, 4) is 0 Å². The van der Waals surface area contributed by atoms with Crippen molar-refractivity contribution in [2.45, 2.75) is 0 Å². The molecule has 0 aliphatic heterocycles. The number of hydrogen-bond acceptors (Lipinski definition) is 3. The van der Waals surface area contributed by atoms with Crippen molar-refractivity contribution in [2.75, 3.05) is 0 Å². The first kappa shape index (κ1) is 9.08. The predicted octanol–water partition coefficient (Wildman–Crippen LogP) is 2.91. The minimum atomic E-state index is -0.429. The summed E-state index contributed by atoms with van der Waals surface area (Å²) in [7, 11) is 0. The predicted molar refractivity (Wildman–Crippen MR) is 56.1 cm³/mol. The van der Waals surface area contributed by atoms with Crippen LogP contribution in [0.5, 0.6) is 0 Å². The molecule has 0 radical (unpaired) electrons. The Bertz CT molecular complexity index is 513. The second-order valence-electron chi connectivity index (χ2n) is 2.74. The molecular formula is C9H5BrN2O2. The van der Waals surface area contributed by atoms with Gasteiger partial charge in [0.15, 0.2) is 0 Å². The Labute approximate surface area is 87.9 Å². The van der Waals surface area contributed by atoms with Crippen molar-refractivity contribution >= 4 is 32.4 Å². The lowest BCUT2D eigenvalue weighted by Crippen LogP contribution is -1.91. The van der Waals surface area contributed by atoms with Gasteiger partial charge in [0, 0.05) is 5.39 Å². The molecule has 70 valence electrons. The van der Waals surface area contributed by atoms with Crippen LogP contribution in [0, 0.1) is 10.1 Å². The molecule has 0 bridgehead atoms. The van der Waals surface area contributed by atoms with Crippen molar-refractivity contribution in [3.05, 3.63) is 45.2 Å². The van der Waals surface area contributed by atoms with Crippen LogP contribution in [0.1, 0.15) is 0 Å². The molecule has 14 heavy (non-hydrogen) atoms. The summed E-state index contributed by atoms with van der Waals surface area (Å²) < 4.78 is 0.624. The van der Waals surface area contributed by atoms with E-state index >= 15 is 0 Å². The summed E-state index contributed by atoms with van der Waals surface area (Å²) in [6.07, 6.45) is 1.26. The zero-order valence-electron chi connectivity index (χ0n) is 6.98. The molecule has 0 saturated carbocycles. The summed E-state index contributed by atoms with van der Waals surface area (Å²) in [6, 6.07) is 7.08. The second-order valence-corrected chi connectivity index (χ2v) is 3.49.